The lowest BCUT2D eigenvalue weighted by atomic mass is 9.97. The van der Waals surface area contributed by atoms with Crippen LogP contribution in [0.5, 0.6) is 0 Å². The summed E-state index contributed by atoms with van der Waals surface area (Å²) in [7, 11) is 0. The van der Waals surface area contributed by atoms with Crippen molar-refractivity contribution in [1.82, 2.24) is 5.32 Å². The van der Waals surface area contributed by atoms with Crippen LogP contribution in [0.25, 0.3) is 22.3 Å². The van der Waals surface area contributed by atoms with Crippen LogP contribution in [0, 0.1) is 5.82 Å². The summed E-state index contributed by atoms with van der Waals surface area (Å²) in [5.41, 5.74) is 1.43. The first kappa shape index (κ1) is 29.8. The van der Waals surface area contributed by atoms with Gasteiger partial charge >= 0.3 is 12.4 Å². The SMILES string of the molecule is C[C@@H](O[C@H]1OCCN[C@H]1c1ccc(-c2ccc(-c3ccc(F)cc3)cc2)cc1)c1cc(C(F)(F)F)cc(C(F)(F)F)c1. The van der Waals surface area contributed by atoms with Gasteiger partial charge in [0.15, 0.2) is 6.29 Å². The van der Waals surface area contributed by atoms with Crippen molar-refractivity contribution in [2.45, 2.75) is 37.7 Å². The van der Waals surface area contributed by atoms with Gasteiger partial charge in [-0.05, 0) is 70.6 Å². The second-order valence-corrected chi connectivity index (χ2v) is 9.99. The fourth-order valence-electron chi connectivity index (χ4n) is 4.85. The maximum Gasteiger partial charge on any atom is 0.416 e. The Morgan fingerprint density at radius 3 is 1.64 bits per heavy atom. The molecular weight excluding hydrogens is 563 g/mol. The Kier molecular flexibility index (Phi) is 8.41. The van der Waals surface area contributed by atoms with E-state index in [2.05, 4.69) is 5.32 Å². The first-order chi connectivity index (χ1) is 19.9. The van der Waals surface area contributed by atoms with Crippen molar-refractivity contribution >= 4 is 0 Å². The predicted molar refractivity (Wildman–Crippen MR) is 144 cm³/mol. The van der Waals surface area contributed by atoms with Crippen molar-refractivity contribution < 1.29 is 40.2 Å². The van der Waals surface area contributed by atoms with Crippen LogP contribution in [0.1, 0.15) is 41.3 Å². The summed E-state index contributed by atoms with van der Waals surface area (Å²) in [6.07, 6.45) is -12.0. The molecule has 0 aliphatic carbocycles. The minimum Gasteiger partial charge on any atom is -0.349 e. The van der Waals surface area contributed by atoms with E-state index in [1.54, 1.807) is 12.1 Å². The first-order valence-electron chi connectivity index (χ1n) is 13.1. The van der Waals surface area contributed by atoms with E-state index in [0.29, 0.717) is 18.7 Å². The third-order valence-electron chi connectivity index (χ3n) is 7.10. The van der Waals surface area contributed by atoms with Gasteiger partial charge in [0.05, 0.1) is 29.9 Å². The molecule has 1 N–H and O–H groups in total. The molecule has 10 heteroatoms. The molecule has 220 valence electrons. The van der Waals surface area contributed by atoms with Gasteiger partial charge in [-0.2, -0.15) is 26.3 Å². The van der Waals surface area contributed by atoms with Crippen molar-refractivity contribution in [2.75, 3.05) is 13.2 Å². The predicted octanol–water partition coefficient (Wildman–Crippen LogP) is 8.96. The quantitative estimate of drug-likeness (QED) is 0.228. The minimum atomic E-state index is -4.95. The van der Waals surface area contributed by atoms with Crippen LogP contribution in [0.3, 0.4) is 0 Å². The Bertz CT molecular complexity index is 1470. The molecule has 1 fully saturated rings. The molecule has 1 heterocycles. The summed E-state index contributed by atoms with van der Waals surface area (Å²) < 4.78 is 105. The van der Waals surface area contributed by atoms with Gasteiger partial charge in [-0.25, -0.2) is 4.39 Å². The molecule has 0 radical (unpaired) electrons. The lowest BCUT2D eigenvalue weighted by Crippen LogP contribution is -2.43. The summed E-state index contributed by atoms with van der Waals surface area (Å²) in [6.45, 7) is 2.12. The Hall–Kier alpha value is -3.73. The van der Waals surface area contributed by atoms with Crippen LogP contribution in [0.15, 0.2) is 91.0 Å². The zero-order chi connectivity index (χ0) is 30.1. The molecule has 0 bridgehead atoms. The van der Waals surface area contributed by atoms with Crippen LogP contribution in [0.2, 0.25) is 0 Å². The molecular formula is C32H26F7NO2. The Labute approximate surface area is 237 Å². The molecule has 5 rings (SSSR count). The number of morpholine rings is 1. The highest BCUT2D eigenvalue weighted by atomic mass is 19.4. The second kappa shape index (κ2) is 11.9. The van der Waals surface area contributed by atoms with Gasteiger partial charge in [0.2, 0.25) is 0 Å². The van der Waals surface area contributed by atoms with E-state index < -0.39 is 41.9 Å². The molecule has 4 aromatic carbocycles. The van der Waals surface area contributed by atoms with Gasteiger partial charge in [-0.3, -0.25) is 0 Å². The molecule has 4 aromatic rings. The Morgan fingerprint density at radius 2 is 1.17 bits per heavy atom. The topological polar surface area (TPSA) is 30.5 Å². The molecule has 0 aromatic heterocycles. The van der Waals surface area contributed by atoms with Crippen molar-refractivity contribution in [2.24, 2.45) is 0 Å². The van der Waals surface area contributed by atoms with Gasteiger partial charge in [0, 0.05) is 6.54 Å². The number of alkyl halides is 6. The van der Waals surface area contributed by atoms with E-state index in [4.69, 9.17) is 9.47 Å². The average Bonchev–Trinajstić information content (AvgIpc) is 2.97. The van der Waals surface area contributed by atoms with Crippen LogP contribution in [0.4, 0.5) is 30.7 Å². The number of ether oxygens (including phenoxy) is 2. The molecule has 0 amide bonds. The average molecular weight is 590 g/mol. The summed E-state index contributed by atoms with van der Waals surface area (Å²) in [4.78, 5) is 0. The number of halogens is 7. The Balaban J connectivity index is 1.33. The molecule has 42 heavy (non-hydrogen) atoms. The third-order valence-corrected chi connectivity index (χ3v) is 7.10. The van der Waals surface area contributed by atoms with Crippen molar-refractivity contribution in [3.63, 3.8) is 0 Å². The standard InChI is InChI=1S/C32H26F7NO2/c1-19(25-16-26(31(34,35)36)18-27(17-25)32(37,38)39)42-30-29(40-14-15-41-30)24-8-6-22(7-9-24)20-2-4-21(5-3-20)23-10-12-28(33)13-11-23/h2-13,16-19,29-30,40H,14-15H2,1H3/t19-,29+,30-/m1/s1. The van der Waals surface area contributed by atoms with E-state index in [1.807, 2.05) is 48.5 Å². The molecule has 1 aliphatic rings. The summed E-state index contributed by atoms with van der Waals surface area (Å²) in [5.74, 6) is -0.304. The molecule has 1 saturated heterocycles. The van der Waals surface area contributed by atoms with E-state index in [0.717, 1.165) is 27.8 Å². The van der Waals surface area contributed by atoms with Crippen LogP contribution >= 0.6 is 0 Å². The maximum atomic E-state index is 13.4. The van der Waals surface area contributed by atoms with Gasteiger partial charge in [0.25, 0.3) is 0 Å². The maximum absolute atomic E-state index is 13.4. The van der Waals surface area contributed by atoms with Gasteiger partial charge in [0.1, 0.15) is 5.82 Å². The highest BCUT2D eigenvalue weighted by Gasteiger charge is 2.38. The third kappa shape index (κ3) is 6.83. The monoisotopic (exact) mass is 589 g/mol. The fraction of sp³-hybridized carbons (Fsp3) is 0.250. The summed E-state index contributed by atoms with van der Waals surface area (Å²) in [5, 5.41) is 3.27. The van der Waals surface area contributed by atoms with E-state index in [9.17, 15) is 30.7 Å². The lowest BCUT2D eigenvalue weighted by molar-refractivity contribution is -0.200. The van der Waals surface area contributed by atoms with Crippen molar-refractivity contribution in [3.8, 4) is 22.3 Å². The first-order valence-corrected chi connectivity index (χ1v) is 13.1. The zero-order valence-corrected chi connectivity index (χ0v) is 22.3. The summed E-state index contributed by atoms with van der Waals surface area (Å²) >= 11 is 0. The normalized spacial score (nSPS) is 18.6. The number of hydrogen-bond acceptors (Lipinski definition) is 3. The molecule has 0 spiro atoms. The highest BCUT2D eigenvalue weighted by molar-refractivity contribution is 5.70. The number of nitrogens with one attached hydrogen (secondary N) is 1. The van der Waals surface area contributed by atoms with Crippen molar-refractivity contribution in [1.29, 1.82) is 0 Å². The van der Waals surface area contributed by atoms with Crippen molar-refractivity contribution in [3.05, 3.63) is 119 Å². The van der Waals surface area contributed by atoms with E-state index in [1.165, 1.54) is 19.1 Å². The number of rotatable bonds is 6. The van der Waals surface area contributed by atoms with Crippen LogP contribution in [-0.2, 0) is 21.8 Å². The number of hydrogen-bond donors (Lipinski definition) is 1. The molecule has 0 unspecified atom stereocenters. The largest absolute Gasteiger partial charge is 0.416 e. The van der Waals surface area contributed by atoms with E-state index in [-0.39, 0.29) is 24.1 Å². The van der Waals surface area contributed by atoms with Crippen LogP contribution in [-0.4, -0.2) is 19.4 Å². The molecule has 3 nitrogen and oxygen atoms in total. The minimum absolute atomic E-state index is 0.0928. The lowest BCUT2D eigenvalue weighted by Gasteiger charge is -2.35. The molecule has 1 aliphatic heterocycles. The second-order valence-electron chi connectivity index (χ2n) is 9.99. The fourth-order valence-corrected chi connectivity index (χ4v) is 4.85. The van der Waals surface area contributed by atoms with Crippen LogP contribution < -0.4 is 5.32 Å². The molecule has 0 saturated carbocycles. The van der Waals surface area contributed by atoms with E-state index >= 15 is 0 Å². The summed E-state index contributed by atoms with van der Waals surface area (Å²) in [6, 6.07) is 22.5. The van der Waals surface area contributed by atoms with Gasteiger partial charge in [-0.1, -0.05) is 60.7 Å². The van der Waals surface area contributed by atoms with Gasteiger partial charge < -0.3 is 14.8 Å². The van der Waals surface area contributed by atoms with Gasteiger partial charge in [-0.15, -0.1) is 0 Å². The number of benzene rings is 4. The molecule has 3 atom stereocenters. The zero-order valence-electron chi connectivity index (χ0n) is 22.3. The highest BCUT2D eigenvalue weighted by Crippen LogP contribution is 2.39. The smallest absolute Gasteiger partial charge is 0.349 e. The Morgan fingerprint density at radius 1 is 0.714 bits per heavy atom.